The molecular weight excluding hydrogens is 264 g/mol. The van der Waals surface area contributed by atoms with Crippen LogP contribution in [0.3, 0.4) is 0 Å². The van der Waals surface area contributed by atoms with E-state index in [1.54, 1.807) is 0 Å². The quantitative estimate of drug-likeness (QED) is 0.781. The average Bonchev–Trinajstić information content (AvgIpc) is 2.52. The van der Waals surface area contributed by atoms with E-state index in [0.29, 0.717) is 19.0 Å². The van der Waals surface area contributed by atoms with E-state index in [9.17, 15) is 0 Å². The number of hydrogen-bond donors (Lipinski definition) is 2. The minimum atomic E-state index is 0.426. The van der Waals surface area contributed by atoms with Crippen molar-refractivity contribution >= 4 is 11.6 Å². The second kappa shape index (κ2) is 8.21. The summed E-state index contributed by atoms with van der Waals surface area (Å²) < 4.78 is 5.39. The highest BCUT2D eigenvalue weighted by atomic mass is 16.5. The molecule has 0 bridgehead atoms. The molecule has 0 unspecified atom stereocenters. The van der Waals surface area contributed by atoms with Crippen molar-refractivity contribution in [2.24, 2.45) is 0 Å². The molecule has 0 aliphatic carbocycles. The van der Waals surface area contributed by atoms with Crippen LogP contribution >= 0.6 is 0 Å². The number of aromatic nitrogens is 2. The Morgan fingerprint density at radius 3 is 2.38 bits per heavy atom. The number of rotatable bonds is 8. The molecular formula is C16H22N4O. The van der Waals surface area contributed by atoms with Crippen LogP contribution in [-0.4, -0.2) is 23.1 Å². The standard InChI is InChI=1S/C16H22N4O/c1-3-17-14-10-15(20-16(19-14)12-21-4-2)18-11-13-8-6-5-7-9-13/h5-10H,3-4,11-12H2,1-2H3,(H2,17,18,19,20). The highest BCUT2D eigenvalue weighted by Gasteiger charge is 2.04. The summed E-state index contributed by atoms with van der Waals surface area (Å²) in [7, 11) is 0. The van der Waals surface area contributed by atoms with Gasteiger partial charge in [-0.3, -0.25) is 0 Å². The minimum Gasteiger partial charge on any atom is -0.374 e. The molecule has 0 spiro atoms. The van der Waals surface area contributed by atoms with Crippen LogP contribution in [-0.2, 0) is 17.9 Å². The third-order valence-electron chi connectivity index (χ3n) is 2.88. The first-order valence-corrected chi connectivity index (χ1v) is 7.29. The molecule has 1 aromatic heterocycles. The van der Waals surface area contributed by atoms with Crippen LogP contribution in [0.25, 0.3) is 0 Å². The maximum atomic E-state index is 5.39. The normalized spacial score (nSPS) is 10.4. The van der Waals surface area contributed by atoms with Gasteiger partial charge in [0.05, 0.1) is 0 Å². The predicted octanol–water partition coefficient (Wildman–Crippen LogP) is 3.06. The van der Waals surface area contributed by atoms with Gasteiger partial charge >= 0.3 is 0 Å². The first-order valence-electron chi connectivity index (χ1n) is 7.29. The monoisotopic (exact) mass is 286 g/mol. The summed E-state index contributed by atoms with van der Waals surface area (Å²) in [5.74, 6) is 2.31. The molecule has 5 heteroatoms. The van der Waals surface area contributed by atoms with Gasteiger partial charge < -0.3 is 15.4 Å². The lowest BCUT2D eigenvalue weighted by molar-refractivity contribution is 0.128. The lowest BCUT2D eigenvalue weighted by atomic mass is 10.2. The maximum Gasteiger partial charge on any atom is 0.158 e. The Balaban J connectivity index is 2.07. The van der Waals surface area contributed by atoms with E-state index >= 15 is 0 Å². The average molecular weight is 286 g/mol. The molecule has 0 fully saturated rings. The van der Waals surface area contributed by atoms with Crippen LogP contribution in [0, 0.1) is 0 Å². The fourth-order valence-electron chi connectivity index (χ4n) is 1.91. The van der Waals surface area contributed by atoms with Crippen molar-refractivity contribution in [1.29, 1.82) is 0 Å². The Bertz CT molecular complexity index is 545. The van der Waals surface area contributed by atoms with Crippen molar-refractivity contribution < 1.29 is 4.74 Å². The van der Waals surface area contributed by atoms with Crippen LogP contribution in [0.5, 0.6) is 0 Å². The Morgan fingerprint density at radius 1 is 1.00 bits per heavy atom. The fraction of sp³-hybridized carbons (Fsp3) is 0.375. The molecule has 0 saturated carbocycles. The van der Waals surface area contributed by atoms with Gasteiger partial charge in [-0.05, 0) is 19.4 Å². The summed E-state index contributed by atoms with van der Waals surface area (Å²) >= 11 is 0. The second-order valence-electron chi connectivity index (χ2n) is 4.56. The number of benzene rings is 1. The van der Waals surface area contributed by atoms with Crippen LogP contribution in [0.15, 0.2) is 36.4 Å². The molecule has 0 aliphatic heterocycles. The molecule has 0 saturated heterocycles. The van der Waals surface area contributed by atoms with Crippen molar-refractivity contribution in [1.82, 2.24) is 9.97 Å². The highest BCUT2D eigenvalue weighted by molar-refractivity contribution is 5.47. The van der Waals surface area contributed by atoms with Gasteiger partial charge in [0.2, 0.25) is 0 Å². The number of hydrogen-bond acceptors (Lipinski definition) is 5. The van der Waals surface area contributed by atoms with Crippen molar-refractivity contribution in [2.75, 3.05) is 23.8 Å². The van der Waals surface area contributed by atoms with E-state index < -0.39 is 0 Å². The lowest BCUT2D eigenvalue weighted by Crippen LogP contribution is -2.09. The summed E-state index contributed by atoms with van der Waals surface area (Å²) in [4.78, 5) is 8.91. The molecule has 0 radical (unpaired) electrons. The van der Waals surface area contributed by atoms with Gasteiger partial charge in [0, 0.05) is 25.8 Å². The number of ether oxygens (including phenoxy) is 1. The van der Waals surface area contributed by atoms with E-state index in [2.05, 4.69) is 32.7 Å². The summed E-state index contributed by atoms with van der Waals surface area (Å²) in [5.41, 5.74) is 1.22. The smallest absolute Gasteiger partial charge is 0.158 e. The molecule has 2 aromatic rings. The van der Waals surface area contributed by atoms with Gasteiger partial charge in [-0.2, -0.15) is 0 Å². The number of nitrogens with zero attached hydrogens (tertiary/aromatic N) is 2. The van der Waals surface area contributed by atoms with Gasteiger partial charge in [0.15, 0.2) is 5.82 Å². The zero-order chi connectivity index (χ0) is 14.9. The van der Waals surface area contributed by atoms with Gasteiger partial charge in [-0.25, -0.2) is 9.97 Å². The Morgan fingerprint density at radius 2 is 1.71 bits per heavy atom. The van der Waals surface area contributed by atoms with Crippen molar-refractivity contribution in [3.05, 3.63) is 47.8 Å². The zero-order valence-corrected chi connectivity index (χ0v) is 12.6. The molecule has 1 aromatic carbocycles. The molecule has 112 valence electrons. The Kier molecular flexibility index (Phi) is 5.97. The first kappa shape index (κ1) is 15.3. The molecule has 2 rings (SSSR count). The van der Waals surface area contributed by atoms with Crippen molar-refractivity contribution in [2.45, 2.75) is 27.0 Å². The molecule has 1 heterocycles. The van der Waals surface area contributed by atoms with E-state index in [1.165, 1.54) is 5.56 Å². The fourth-order valence-corrected chi connectivity index (χ4v) is 1.91. The topological polar surface area (TPSA) is 59.1 Å². The van der Waals surface area contributed by atoms with E-state index in [1.807, 2.05) is 38.1 Å². The minimum absolute atomic E-state index is 0.426. The Hall–Kier alpha value is -2.14. The summed E-state index contributed by atoms with van der Waals surface area (Å²) in [6.07, 6.45) is 0. The first-order chi connectivity index (χ1) is 10.3. The van der Waals surface area contributed by atoms with Crippen LogP contribution in [0.2, 0.25) is 0 Å². The van der Waals surface area contributed by atoms with Crippen LogP contribution in [0.4, 0.5) is 11.6 Å². The van der Waals surface area contributed by atoms with E-state index in [4.69, 9.17) is 4.74 Å². The SMILES string of the molecule is CCNc1cc(NCc2ccccc2)nc(COCC)n1. The molecule has 0 atom stereocenters. The lowest BCUT2D eigenvalue weighted by Gasteiger charge is -2.11. The van der Waals surface area contributed by atoms with Gasteiger partial charge in [-0.1, -0.05) is 30.3 Å². The third kappa shape index (κ3) is 5.04. The van der Waals surface area contributed by atoms with Gasteiger partial charge in [0.25, 0.3) is 0 Å². The van der Waals surface area contributed by atoms with E-state index in [0.717, 1.165) is 24.7 Å². The summed E-state index contributed by atoms with van der Waals surface area (Å²) in [6.45, 7) is 6.64. The molecule has 0 amide bonds. The molecule has 5 nitrogen and oxygen atoms in total. The predicted molar refractivity (Wildman–Crippen MR) is 85.3 cm³/mol. The second-order valence-corrected chi connectivity index (χ2v) is 4.56. The molecule has 2 N–H and O–H groups in total. The maximum absolute atomic E-state index is 5.39. The van der Waals surface area contributed by atoms with Gasteiger partial charge in [-0.15, -0.1) is 0 Å². The van der Waals surface area contributed by atoms with Gasteiger partial charge in [0.1, 0.15) is 18.2 Å². The number of anilines is 2. The largest absolute Gasteiger partial charge is 0.374 e. The van der Waals surface area contributed by atoms with Crippen LogP contribution in [0.1, 0.15) is 25.2 Å². The van der Waals surface area contributed by atoms with Crippen molar-refractivity contribution in [3.63, 3.8) is 0 Å². The zero-order valence-electron chi connectivity index (χ0n) is 12.6. The third-order valence-corrected chi connectivity index (χ3v) is 2.88. The molecule has 21 heavy (non-hydrogen) atoms. The Labute approximate surface area is 125 Å². The van der Waals surface area contributed by atoms with E-state index in [-0.39, 0.29) is 0 Å². The molecule has 0 aliphatic rings. The van der Waals surface area contributed by atoms with Crippen LogP contribution < -0.4 is 10.6 Å². The summed E-state index contributed by atoms with van der Waals surface area (Å²) in [6, 6.07) is 12.2. The number of nitrogens with one attached hydrogen (secondary N) is 2. The van der Waals surface area contributed by atoms with Crippen molar-refractivity contribution in [3.8, 4) is 0 Å². The highest BCUT2D eigenvalue weighted by Crippen LogP contribution is 2.13. The summed E-state index contributed by atoms with van der Waals surface area (Å²) in [5, 5.41) is 6.55.